The molecule has 3 aliphatic heterocycles. The number of hydrogen-bond acceptors (Lipinski definition) is 8. The smallest absolute Gasteiger partial charge is 0.724 e. The van der Waals surface area contributed by atoms with Gasteiger partial charge in [0.1, 0.15) is 12.1 Å². The summed E-state index contributed by atoms with van der Waals surface area (Å²) >= 11 is 0. The third-order valence-electron chi connectivity index (χ3n) is 4.06. The van der Waals surface area contributed by atoms with Crippen molar-refractivity contribution in [2.45, 2.75) is 37.5 Å². The Kier molecular flexibility index (Phi) is 6.30. The molecular formula is C11H15N4NaO8S. The maximum atomic E-state index is 12.2. The van der Waals surface area contributed by atoms with Crippen molar-refractivity contribution in [2.24, 2.45) is 0 Å². The summed E-state index contributed by atoms with van der Waals surface area (Å²) in [5.41, 5.74) is 2.22. The van der Waals surface area contributed by atoms with Gasteiger partial charge in [-0.1, -0.05) is 0 Å². The third-order valence-corrected chi connectivity index (χ3v) is 4.41. The van der Waals surface area contributed by atoms with E-state index in [1.54, 1.807) is 0 Å². The summed E-state index contributed by atoms with van der Waals surface area (Å²) in [5.74, 6) is -0.774. The van der Waals surface area contributed by atoms with E-state index < -0.39 is 40.5 Å². The van der Waals surface area contributed by atoms with Gasteiger partial charge in [0.15, 0.2) is 0 Å². The van der Waals surface area contributed by atoms with Crippen molar-refractivity contribution in [3.8, 4) is 0 Å². The summed E-state index contributed by atoms with van der Waals surface area (Å²) in [5, 5.41) is 3.04. The average Bonchev–Trinajstić information content (AvgIpc) is 3.02. The predicted molar refractivity (Wildman–Crippen MR) is 72.2 cm³/mol. The Bertz CT molecular complexity index is 673. The number of nitrogens with one attached hydrogen (secondary N) is 2. The molecule has 3 aliphatic rings. The molecule has 0 saturated carbocycles. The van der Waals surface area contributed by atoms with Crippen LogP contribution in [0.1, 0.15) is 19.3 Å². The van der Waals surface area contributed by atoms with Crippen molar-refractivity contribution < 1.29 is 66.0 Å². The molecule has 3 fully saturated rings. The minimum atomic E-state index is -5.08. The van der Waals surface area contributed by atoms with Crippen LogP contribution in [0.3, 0.4) is 0 Å². The van der Waals surface area contributed by atoms with Crippen molar-refractivity contribution in [2.75, 3.05) is 13.1 Å². The maximum Gasteiger partial charge on any atom is 1.00 e. The fraction of sp³-hybridized carbons (Fsp3) is 0.727. The molecule has 12 nitrogen and oxygen atoms in total. The number of amides is 4. The summed E-state index contributed by atoms with van der Waals surface area (Å²) in [6.07, 6.45) is 0.182. The second kappa shape index (κ2) is 7.73. The van der Waals surface area contributed by atoms with Gasteiger partial charge in [-0.25, -0.2) is 18.7 Å². The number of rotatable bonds is 5. The minimum absolute atomic E-state index is 0. The molecule has 14 heteroatoms. The first kappa shape index (κ1) is 20.4. The summed E-state index contributed by atoms with van der Waals surface area (Å²) < 4.78 is 36.2. The second-order valence-electron chi connectivity index (χ2n) is 5.70. The number of piperidine rings is 1. The third kappa shape index (κ3) is 4.61. The van der Waals surface area contributed by atoms with Crippen LogP contribution in [-0.4, -0.2) is 72.1 Å². The van der Waals surface area contributed by atoms with Crippen molar-refractivity contribution in [3.63, 3.8) is 0 Å². The number of hydroxylamine groups is 3. The van der Waals surface area contributed by atoms with Crippen LogP contribution in [-0.2, 0) is 29.1 Å². The second-order valence-corrected chi connectivity index (χ2v) is 6.67. The fourth-order valence-electron chi connectivity index (χ4n) is 2.97. The van der Waals surface area contributed by atoms with E-state index >= 15 is 0 Å². The maximum absolute atomic E-state index is 12.2. The van der Waals surface area contributed by atoms with Gasteiger partial charge in [-0.05, 0) is 12.8 Å². The summed E-state index contributed by atoms with van der Waals surface area (Å²) in [7, 11) is -5.08. The number of nitrogens with zero attached hydrogens (tertiary/aromatic N) is 2. The molecule has 0 aromatic carbocycles. The molecule has 0 aliphatic carbocycles. The molecule has 3 atom stereocenters. The van der Waals surface area contributed by atoms with Gasteiger partial charge in [-0.15, -0.1) is 0 Å². The Morgan fingerprint density at radius 3 is 2.64 bits per heavy atom. The van der Waals surface area contributed by atoms with Crippen LogP contribution < -0.4 is 40.4 Å². The van der Waals surface area contributed by atoms with Crippen LogP contribution in [0, 0.1) is 0 Å². The zero-order valence-corrected chi connectivity index (χ0v) is 16.2. The first-order chi connectivity index (χ1) is 11.2. The summed E-state index contributed by atoms with van der Waals surface area (Å²) in [6.45, 7) is 0.341. The number of hydrogen-bond donors (Lipinski definition) is 2. The van der Waals surface area contributed by atoms with Gasteiger partial charge in [0.2, 0.25) is 16.3 Å². The molecule has 2 N–H and O–H groups in total. The standard InChI is InChI=1S/C11H16N4O8S.Na/c16-9-3-7(4-12-9)22-13-10(17)8-2-1-6-5-14(8)11(18)15(6)23-24(19,20)21;/h6-8H,1-5H2,(H,12,16)(H,13,17)(H,19,20,21);/q;+1/p-1/t6-,7?,8+;/m1./s1. The van der Waals surface area contributed by atoms with Crippen LogP contribution in [0.4, 0.5) is 4.79 Å². The van der Waals surface area contributed by atoms with E-state index in [-0.39, 0.29) is 61.4 Å². The van der Waals surface area contributed by atoms with E-state index in [1.165, 1.54) is 0 Å². The van der Waals surface area contributed by atoms with Gasteiger partial charge < -0.3 is 14.8 Å². The number of carbonyl (C=O) groups excluding carboxylic acids is 3. The van der Waals surface area contributed by atoms with Gasteiger partial charge in [-0.2, -0.15) is 9.35 Å². The monoisotopic (exact) mass is 386 g/mol. The van der Waals surface area contributed by atoms with Crippen LogP contribution in [0.15, 0.2) is 0 Å². The fourth-order valence-corrected chi connectivity index (χ4v) is 3.35. The molecule has 134 valence electrons. The molecule has 4 amide bonds. The molecule has 0 radical (unpaired) electrons. The van der Waals surface area contributed by atoms with Gasteiger partial charge in [0, 0.05) is 13.1 Å². The largest absolute Gasteiger partial charge is 1.00 e. The van der Waals surface area contributed by atoms with E-state index in [0.717, 1.165) is 4.90 Å². The average molecular weight is 386 g/mol. The molecule has 3 heterocycles. The topological polar surface area (TPSA) is 157 Å². The van der Waals surface area contributed by atoms with E-state index in [4.69, 9.17) is 4.84 Å². The van der Waals surface area contributed by atoms with Crippen LogP contribution >= 0.6 is 0 Å². The van der Waals surface area contributed by atoms with Gasteiger partial charge in [-0.3, -0.25) is 14.4 Å². The molecule has 3 saturated heterocycles. The Balaban J connectivity index is 0.00000225. The van der Waals surface area contributed by atoms with E-state index in [2.05, 4.69) is 15.1 Å². The minimum Gasteiger partial charge on any atom is -0.724 e. The van der Waals surface area contributed by atoms with Crippen molar-refractivity contribution in [1.82, 2.24) is 20.8 Å². The van der Waals surface area contributed by atoms with Crippen molar-refractivity contribution in [1.29, 1.82) is 0 Å². The Hall–Kier alpha value is -0.960. The van der Waals surface area contributed by atoms with E-state index in [0.29, 0.717) is 11.5 Å². The number of urea groups is 1. The normalized spacial score (nSPS) is 28.6. The molecule has 0 aromatic rings. The molecule has 25 heavy (non-hydrogen) atoms. The van der Waals surface area contributed by atoms with Gasteiger partial charge in [0.05, 0.1) is 12.5 Å². The quantitative estimate of drug-likeness (QED) is 0.205. The van der Waals surface area contributed by atoms with Crippen LogP contribution in [0.25, 0.3) is 0 Å². The first-order valence-electron chi connectivity index (χ1n) is 7.22. The zero-order valence-electron chi connectivity index (χ0n) is 13.3. The first-order valence-corrected chi connectivity index (χ1v) is 8.55. The molecule has 1 unspecified atom stereocenters. The molecule has 0 spiro atoms. The van der Waals surface area contributed by atoms with Crippen LogP contribution in [0.5, 0.6) is 0 Å². The van der Waals surface area contributed by atoms with Gasteiger partial charge in [0.25, 0.3) is 5.91 Å². The number of carbonyl (C=O) groups is 3. The van der Waals surface area contributed by atoms with Crippen LogP contribution in [0.2, 0.25) is 0 Å². The molecular weight excluding hydrogens is 371 g/mol. The molecule has 2 bridgehead atoms. The SMILES string of the molecule is O=C1CC(ONC(=O)[C@@H]2CC[C@@H]3CN2C(=O)N3OS(=O)(=O)[O-])CN1.[Na+]. The Labute approximate surface area is 165 Å². The summed E-state index contributed by atoms with van der Waals surface area (Å²) in [4.78, 5) is 41.6. The Morgan fingerprint density at radius 2 is 2.04 bits per heavy atom. The molecule has 3 rings (SSSR count). The molecule has 0 aromatic heterocycles. The zero-order chi connectivity index (χ0) is 17.5. The van der Waals surface area contributed by atoms with Gasteiger partial charge >= 0.3 is 35.6 Å². The summed E-state index contributed by atoms with van der Waals surface area (Å²) in [6, 6.07) is -2.35. The predicted octanol–water partition coefficient (Wildman–Crippen LogP) is -5.41. The van der Waals surface area contributed by atoms with E-state index in [9.17, 15) is 27.4 Å². The van der Waals surface area contributed by atoms with E-state index in [1.807, 2.05) is 0 Å². The Morgan fingerprint density at radius 1 is 1.32 bits per heavy atom. The van der Waals surface area contributed by atoms with Crippen molar-refractivity contribution >= 4 is 28.2 Å². The van der Waals surface area contributed by atoms with Crippen molar-refractivity contribution in [3.05, 3.63) is 0 Å². The number of fused-ring (bicyclic) bond motifs is 2.